The molecular formula is C26H20O5. The Bertz CT molecular complexity index is 1220. The molecule has 3 aromatic rings. The maximum Gasteiger partial charge on any atom is 0.343 e. The summed E-state index contributed by atoms with van der Waals surface area (Å²) in [7, 11) is 1.61. The third-order valence-electron chi connectivity index (χ3n) is 4.88. The summed E-state index contributed by atoms with van der Waals surface area (Å²) in [5, 5.41) is 0. The minimum Gasteiger partial charge on any atom is -0.496 e. The molecule has 0 saturated carbocycles. The number of hydrogen-bond acceptors (Lipinski definition) is 5. The van der Waals surface area contributed by atoms with Crippen LogP contribution in [0.15, 0.2) is 84.6 Å². The van der Waals surface area contributed by atoms with Crippen LogP contribution in [-0.2, 0) is 0 Å². The van der Waals surface area contributed by atoms with Gasteiger partial charge in [0.15, 0.2) is 5.76 Å². The van der Waals surface area contributed by atoms with Crippen LogP contribution in [0.2, 0.25) is 0 Å². The van der Waals surface area contributed by atoms with Crippen LogP contribution in [0.3, 0.4) is 0 Å². The minimum atomic E-state index is -0.460. The van der Waals surface area contributed by atoms with E-state index in [-0.39, 0.29) is 11.5 Å². The number of para-hydroxylation sites is 1. The fourth-order valence-corrected chi connectivity index (χ4v) is 3.25. The zero-order valence-electron chi connectivity index (χ0n) is 17.1. The predicted octanol–water partition coefficient (Wildman–Crippen LogP) is 5.40. The third kappa shape index (κ3) is 4.26. The Morgan fingerprint density at radius 2 is 1.77 bits per heavy atom. The summed E-state index contributed by atoms with van der Waals surface area (Å²) in [5.41, 5.74) is 2.62. The van der Waals surface area contributed by atoms with Crippen LogP contribution >= 0.6 is 0 Å². The lowest BCUT2D eigenvalue weighted by molar-refractivity contribution is 0.0733. The average Bonchev–Trinajstić information content (AvgIpc) is 3.09. The lowest BCUT2D eigenvalue weighted by Crippen LogP contribution is -2.10. The molecule has 31 heavy (non-hydrogen) atoms. The number of fused-ring (bicyclic) bond motifs is 1. The van der Waals surface area contributed by atoms with Gasteiger partial charge in [0.05, 0.1) is 18.2 Å². The van der Waals surface area contributed by atoms with Gasteiger partial charge in [0, 0.05) is 11.6 Å². The molecule has 5 nitrogen and oxygen atoms in total. The molecule has 3 aromatic carbocycles. The number of hydrogen-bond donors (Lipinski definition) is 0. The highest BCUT2D eigenvalue weighted by Gasteiger charge is 2.27. The summed E-state index contributed by atoms with van der Waals surface area (Å²) < 4.78 is 16.5. The van der Waals surface area contributed by atoms with Gasteiger partial charge < -0.3 is 14.2 Å². The summed E-state index contributed by atoms with van der Waals surface area (Å²) in [6.07, 6.45) is 5.17. The fraction of sp³-hybridized carbons (Fsp3) is 0.0769. The number of rotatable bonds is 5. The van der Waals surface area contributed by atoms with Crippen molar-refractivity contribution in [2.24, 2.45) is 0 Å². The smallest absolute Gasteiger partial charge is 0.343 e. The van der Waals surface area contributed by atoms with Crippen molar-refractivity contribution in [3.8, 4) is 17.2 Å². The number of Topliss-reactive ketones (excluding diaryl/α,β-unsaturated/α-hetero) is 1. The lowest BCUT2D eigenvalue weighted by Gasteiger charge is -2.07. The van der Waals surface area contributed by atoms with E-state index < -0.39 is 5.97 Å². The third-order valence-corrected chi connectivity index (χ3v) is 4.88. The summed E-state index contributed by atoms with van der Waals surface area (Å²) in [6, 6.07) is 19.5. The van der Waals surface area contributed by atoms with E-state index in [1.807, 2.05) is 49.4 Å². The number of esters is 1. The molecule has 0 bridgehead atoms. The van der Waals surface area contributed by atoms with Gasteiger partial charge >= 0.3 is 5.97 Å². The molecule has 0 spiro atoms. The largest absolute Gasteiger partial charge is 0.496 e. The van der Waals surface area contributed by atoms with Crippen LogP contribution < -0.4 is 14.2 Å². The molecule has 0 aliphatic carbocycles. The molecular weight excluding hydrogens is 392 g/mol. The van der Waals surface area contributed by atoms with Crippen LogP contribution in [0, 0.1) is 6.92 Å². The normalized spacial score (nSPS) is 13.9. The van der Waals surface area contributed by atoms with Gasteiger partial charge in [-0.05, 0) is 42.8 Å². The molecule has 0 fully saturated rings. The summed E-state index contributed by atoms with van der Waals surface area (Å²) in [5.74, 6) is 0.916. The number of carbonyl (C=O) groups excluding carboxylic acids is 2. The van der Waals surface area contributed by atoms with Crippen LogP contribution in [0.4, 0.5) is 0 Å². The molecule has 1 aliphatic rings. The van der Waals surface area contributed by atoms with Gasteiger partial charge in [-0.1, -0.05) is 48.6 Å². The molecule has 0 amide bonds. The molecule has 1 aliphatic heterocycles. The van der Waals surface area contributed by atoms with Crippen molar-refractivity contribution in [2.45, 2.75) is 6.92 Å². The van der Waals surface area contributed by atoms with E-state index in [9.17, 15) is 9.59 Å². The topological polar surface area (TPSA) is 61.8 Å². The van der Waals surface area contributed by atoms with E-state index in [0.29, 0.717) is 22.6 Å². The van der Waals surface area contributed by atoms with E-state index in [4.69, 9.17) is 14.2 Å². The fourth-order valence-electron chi connectivity index (χ4n) is 3.25. The highest BCUT2D eigenvalue weighted by molar-refractivity contribution is 6.12. The van der Waals surface area contributed by atoms with Gasteiger partial charge in [0.1, 0.15) is 17.2 Å². The molecule has 0 aromatic heterocycles. The second-order valence-electron chi connectivity index (χ2n) is 6.93. The van der Waals surface area contributed by atoms with Gasteiger partial charge in [-0.3, -0.25) is 4.79 Å². The van der Waals surface area contributed by atoms with Crippen LogP contribution in [-0.4, -0.2) is 18.9 Å². The highest BCUT2D eigenvalue weighted by atomic mass is 16.5. The molecule has 0 N–H and O–H groups in total. The molecule has 5 heteroatoms. The Morgan fingerprint density at radius 1 is 1.00 bits per heavy atom. The molecule has 0 unspecified atom stereocenters. The van der Waals surface area contributed by atoms with Gasteiger partial charge in [-0.2, -0.15) is 0 Å². The lowest BCUT2D eigenvalue weighted by atomic mass is 10.1. The molecule has 0 saturated heterocycles. The zero-order valence-corrected chi connectivity index (χ0v) is 17.1. The van der Waals surface area contributed by atoms with Crippen molar-refractivity contribution >= 4 is 17.8 Å². The Balaban J connectivity index is 1.50. The van der Waals surface area contributed by atoms with Crippen molar-refractivity contribution in [3.63, 3.8) is 0 Å². The summed E-state index contributed by atoms with van der Waals surface area (Å²) >= 11 is 0. The number of aryl methyl sites for hydroxylation is 1. The zero-order chi connectivity index (χ0) is 21.8. The maximum atomic E-state index is 12.6. The maximum absolute atomic E-state index is 12.6. The number of allylic oxidation sites excluding steroid dienone is 3. The SMILES string of the molecule is COc1ccccc1C=CC=C1Oc2cc(OC(=O)c3ccccc3C)ccc2C1=O. The predicted molar refractivity (Wildman–Crippen MR) is 118 cm³/mol. The Labute approximate surface area is 180 Å². The van der Waals surface area contributed by atoms with Crippen LogP contribution in [0.1, 0.15) is 31.8 Å². The van der Waals surface area contributed by atoms with Crippen molar-refractivity contribution in [1.82, 2.24) is 0 Å². The Hall–Kier alpha value is -4.12. The monoisotopic (exact) mass is 412 g/mol. The Morgan fingerprint density at radius 3 is 2.58 bits per heavy atom. The number of methoxy groups -OCH3 is 1. The van der Waals surface area contributed by atoms with E-state index in [1.54, 1.807) is 49.6 Å². The van der Waals surface area contributed by atoms with Crippen molar-refractivity contribution in [2.75, 3.05) is 7.11 Å². The van der Waals surface area contributed by atoms with E-state index in [1.165, 1.54) is 0 Å². The first kappa shape index (κ1) is 20.2. The van der Waals surface area contributed by atoms with E-state index >= 15 is 0 Å². The van der Waals surface area contributed by atoms with Gasteiger partial charge in [-0.25, -0.2) is 4.79 Å². The molecule has 0 atom stereocenters. The number of ketones is 1. The minimum absolute atomic E-state index is 0.198. The average molecular weight is 412 g/mol. The number of carbonyl (C=O) groups is 2. The van der Waals surface area contributed by atoms with Crippen molar-refractivity contribution in [1.29, 1.82) is 0 Å². The number of ether oxygens (including phenoxy) is 3. The Kier molecular flexibility index (Phi) is 5.67. The quantitative estimate of drug-likeness (QED) is 0.319. The molecule has 1 heterocycles. The molecule has 4 rings (SSSR count). The first-order valence-electron chi connectivity index (χ1n) is 9.72. The van der Waals surface area contributed by atoms with Gasteiger partial charge in [0.2, 0.25) is 5.78 Å². The summed E-state index contributed by atoms with van der Waals surface area (Å²) in [6.45, 7) is 1.84. The van der Waals surface area contributed by atoms with Crippen molar-refractivity contribution in [3.05, 3.63) is 107 Å². The summed E-state index contributed by atoms with van der Waals surface area (Å²) in [4.78, 5) is 25.0. The molecule has 0 radical (unpaired) electrons. The highest BCUT2D eigenvalue weighted by Crippen LogP contribution is 2.34. The van der Waals surface area contributed by atoms with Crippen LogP contribution in [0.5, 0.6) is 17.2 Å². The van der Waals surface area contributed by atoms with Gasteiger partial charge in [-0.15, -0.1) is 0 Å². The second kappa shape index (κ2) is 8.71. The first-order valence-corrected chi connectivity index (χ1v) is 9.72. The standard InChI is InChI=1S/C26H20O5/c1-17-8-3-5-11-20(17)26(28)30-19-14-15-21-24(16-19)31-23(25(21)27)13-7-10-18-9-4-6-12-22(18)29-2/h3-16H,1-2H3. The second-order valence-corrected chi connectivity index (χ2v) is 6.93. The van der Waals surface area contributed by atoms with Crippen molar-refractivity contribution < 1.29 is 23.8 Å². The van der Waals surface area contributed by atoms with Gasteiger partial charge in [0.25, 0.3) is 0 Å². The number of benzene rings is 3. The van der Waals surface area contributed by atoms with E-state index in [2.05, 4.69) is 0 Å². The van der Waals surface area contributed by atoms with E-state index in [0.717, 1.165) is 16.9 Å². The molecule has 154 valence electrons. The van der Waals surface area contributed by atoms with Crippen LogP contribution in [0.25, 0.3) is 6.08 Å². The first-order chi connectivity index (χ1) is 15.1.